The van der Waals surface area contributed by atoms with Crippen LogP contribution in [-0.4, -0.2) is 13.7 Å². The molecule has 0 amide bonds. The summed E-state index contributed by atoms with van der Waals surface area (Å²) in [5, 5.41) is 6.42. The highest BCUT2D eigenvalue weighted by Crippen LogP contribution is 2.42. The maximum Gasteiger partial charge on any atom is 0.0541 e. The lowest BCUT2D eigenvalue weighted by Crippen LogP contribution is -2.08. The second-order valence-electron chi connectivity index (χ2n) is 13.7. The Morgan fingerprint density at radius 1 is 0.333 bits per heavy atom. The summed E-state index contributed by atoms with van der Waals surface area (Å²) >= 11 is 0. The van der Waals surface area contributed by atoms with Gasteiger partial charge in [-0.1, -0.05) is 103 Å². The average Bonchev–Trinajstić information content (AvgIpc) is 3.83. The third kappa shape index (κ3) is 4.18. The minimum absolute atomic E-state index is 0.966. The Morgan fingerprint density at radius 3 is 1.39 bits per heavy atom. The summed E-state index contributed by atoms with van der Waals surface area (Å²) in [4.78, 5) is 0. The zero-order valence-electron chi connectivity index (χ0n) is 28.0. The van der Waals surface area contributed by atoms with Gasteiger partial charge in [0.05, 0.1) is 27.6 Å². The highest BCUT2D eigenvalue weighted by molar-refractivity contribution is 6.14. The van der Waals surface area contributed by atoms with Crippen molar-refractivity contribution >= 4 is 66.3 Å². The van der Waals surface area contributed by atoms with Crippen LogP contribution in [0.15, 0.2) is 170 Å². The van der Waals surface area contributed by atoms with Crippen LogP contribution in [0.4, 0.5) is 0 Å². The SMILES string of the molecule is C1=C(n2c3ccccc3c3cc(-c4ccc5c(c4)c4ccccc4n5-c4ccccc4)ccc32)CCc2c1c1ccccc1n2-c1ccccc1. The summed E-state index contributed by atoms with van der Waals surface area (Å²) in [5.41, 5.74) is 15.1. The van der Waals surface area contributed by atoms with Crippen LogP contribution < -0.4 is 0 Å². The van der Waals surface area contributed by atoms with E-state index < -0.39 is 0 Å². The zero-order chi connectivity index (χ0) is 33.5. The molecule has 3 nitrogen and oxygen atoms in total. The van der Waals surface area contributed by atoms with Crippen molar-refractivity contribution in [1.29, 1.82) is 0 Å². The fourth-order valence-electron chi connectivity index (χ4n) is 8.73. The highest BCUT2D eigenvalue weighted by atomic mass is 15.0. The van der Waals surface area contributed by atoms with Crippen molar-refractivity contribution < 1.29 is 0 Å². The molecule has 51 heavy (non-hydrogen) atoms. The summed E-state index contributed by atoms with van der Waals surface area (Å²) in [6.07, 6.45) is 4.40. The molecule has 10 aromatic rings. The first-order chi connectivity index (χ1) is 25.3. The Balaban J connectivity index is 1.08. The largest absolute Gasteiger partial charge is 0.313 e. The molecule has 3 heteroatoms. The fourth-order valence-corrected chi connectivity index (χ4v) is 8.73. The molecule has 0 radical (unpaired) electrons. The summed E-state index contributed by atoms with van der Waals surface area (Å²) in [6, 6.07) is 62.0. The number of allylic oxidation sites excluding steroid dienone is 1. The van der Waals surface area contributed by atoms with Crippen LogP contribution in [0.3, 0.4) is 0 Å². The molecular weight excluding hydrogens is 619 g/mol. The van der Waals surface area contributed by atoms with Crippen molar-refractivity contribution in [2.24, 2.45) is 0 Å². The van der Waals surface area contributed by atoms with Gasteiger partial charge in [0.2, 0.25) is 0 Å². The van der Waals surface area contributed by atoms with Gasteiger partial charge in [0.1, 0.15) is 0 Å². The van der Waals surface area contributed by atoms with Crippen LogP contribution in [0.25, 0.3) is 88.8 Å². The van der Waals surface area contributed by atoms with Crippen molar-refractivity contribution in [1.82, 2.24) is 13.7 Å². The lowest BCUT2D eigenvalue weighted by atomic mass is 9.99. The molecule has 7 aromatic carbocycles. The Hall–Kier alpha value is -6.58. The van der Waals surface area contributed by atoms with E-state index in [0.29, 0.717) is 0 Å². The summed E-state index contributed by atoms with van der Waals surface area (Å²) in [6.45, 7) is 0. The lowest BCUT2D eigenvalue weighted by Gasteiger charge is -2.20. The lowest BCUT2D eigenvalue weighted by molar-refractivity contribution is 0.873. The van der Waals surface area contributed by atoms with E-state index in [1.165, 1.54) is 94.0 Å². The molecule has 0 atom stereocenters. The van der Waals surface area contributed by atoms with E-state index in [1.807, 2.05) is 0 Å². The monoisotopic (exact) mass is 651 g/mol. The van der Waals surface area contributed by atoms with Crippen LogP contribution in [-0.2, 0) is 6.42 Å². The van der Waals surface area contributed by atoms with Crippen molar-refractivity contribution in [3.8, 4) is 22.5 Å². The van der Waals surface area contributed by atoms with Gasteiger partial charge >= 0.3 is 0 Å². The molecule has 3 heterocycles. The fraction of sp³-hybridized carbons (Fsp3) is 0.0417. The molecule has 0 saturated carbocycles. The van der Waals surface area contributed by atoms with Gasteiger partial charge in [-0.3, -0.25) is 0 Å². The van der Waals surface area contributed by atoms with Gasteiger partial charge in [-0.15, -0.1) is 0 Å². The Labute approximate surface area is 295 Å². The van der Waals surface area contributed by atoms with Gasteiger partial charge in [0.25, 0.3) is 0 Å². The van der Waals surface area contributed by atoms with Gasteiger partial charge in [0, 0.05) is 55.3 Å². The van der Waals surface area contributed by atoms with Crippen LogP contribution in [0, 0.1) is 0 Å². The van der Waals surface area contributed by atoms with Gasteiger partial charge in [-0.2, -0.15) is 0 Å². The number of para-hydroxylation sites is 5. The first-order valence-corrected chi connectivity index (χ1v) is 17.8. The molecule has 0 aliphatic heterocycles. The van der Waals surface area contributed by atoms with Crippen molar-refractivity contribution in [3.63, 3.8) is 0 Å². The number of rotatable bonds is 4. The molecule has 240 valence electrons. The van der Waals surface area contributed by atoms with Gasteiger partial charge in [-0.05, 0) is 96.8 Å². The number of hydrogen-bond acceptors (Lipinski definition) is 0. The number of benzene rings is 7. The van der Waals surface area contributed by atoms with E-state index in [0.717, 1.165) is 12.8 Å². The van der Waals surface area contributed by atoms with E-state index in [1.54, 1.807) is 0 Å². The van der Waals surface area contributed by atoms with E-state index in [-0.39, 0.29) is 0 Å². The molecular formula is C48H33N3. The zero-order valence-corrected chi connectivity index (χ0v) is 28.0. The number of nitrogens with zero attached hydrogens (tertiary/aromatic N) is 3. The summed E-state index contributed by atoms with van der Waals surface area (Å²) in [5.74, 6) is 0. The van der Waals surface area contributed by atoms with Crippen molar-refractivity contribution in [3.05, 3.63) is 181 Å². The first-order valence-electron chi connectivity index (χ1n) is 17.8. The highest BCUT2D eigenvalue weighted by Gasteiger charge is 2.24. The molecule has 0 N–H and O–H groups in total. The minimum atomic E-state index is 0.966. The average molecular weight is 652 g/mol. The van der Waals surface area contributed by atoms with Crippen LogP contribution in [0.1, 0.15) is 17.7 Å². The molecule has 1 aliphatic carbocycles. The number of hydrogen-bond donors (Lipinski definition) is 0. The summed E-state index contributed by atoms with van der Waals surface area (Å²) in [7, 11) is 0. The molecule has 3 aromatic heterocycles. The standard InChI is InChI=1S/C48H33N3/c1-3-13-34(14-4-1)49-43-20-10-7-17-37(43)40-29-32(23-26-46(40)49)33-24-27-47-41(30-33)38-18-8-12-22-45(38)51(47)36-25-28-48-42(31-36)39-19-9-11-21-44(39)50(48)35-15-5-2-6-16-35/h1-24,26-27,29-31H,25,28H2. The van der Waals surface area contributed by atoms with E-state index in [9.17, 15) is 0 Å². The van der Waals surface area contributed by atoms with Crippen LogP contribution >= 0.6 is 0 Å². The molecule has 0 saturated heterocycles. The molecule has 0 spiro atoms. The number of aromatic nitrogens is 3. The molecule has 0 unspecified atom stereocenters. The Kier molecular flexibility index (Phi) is 6.08. The van der Waals surface area contributed by atoms with Gasteiger partial charge < -0.3 is 13.7 Å². The third-order valence-electron chi connectivity index (χ3n) is 10.9. The number of fused-ring (bicyclic) bond motifs is 9. The Bertz CT molecular complexity index is 3010. The van der Waals surface area contributed by atoms with Crippen molar-refractivity contribution in [2.45, 2.75) is 12.8 Å². The third-order valence-corrected chi connectivity index (χ3v) is 10.9. The minimum Gasteiger partial charge on any atom is -0.313 e. The van der Waals surface area contributed by atoms with E-state index >= 15 is 0 Å². The molecule has 0 bridgehead atoms. The predicted molar refractivity (Wildman–Crippen MR) is 215 cm³/mol. The maximum absolute atomic E-state index is 2.52. The van der Waals surface area contributed by atoms with Gasteiger partial charge in [-0.25, -0.2) is 0 Å². The summed E-state index contributed by atoms with van der Waals surface area (Å²) < 4.78 is 7.36. The predicted octanol–water partition coefficient (Wildman–Crippen LogP) is 12.4. The Morgan fingerprint density at radius 2 is 0.784 bits per heavy atom. The van der Waals surface area contributed by atoms with Crippen LogP contribution in [0.2, 0.25) is 0 Å². The van der Waals surface area contributed by atoms with E-state index in [4.69, 9.17) is 0 Å². The van der Waals surface area contributed by atoms with Crippen molar-refractivity contribution in [2.75, 3.05) is 0 Å². The normalized spacial score (nSPS) is 13.1. The smallest absolute Gasteiger partial charge is 0.0541 e. The quantitative estimate of drug-likeness (QED) is 0.180. The van der Waals surface area contributed by atoms with E-state index in [2.05, 4.69) is 190 Å². The molecule has 11 rings (SSSR count). The maximum atomic E-state index is 2.52. The topological polar surface area (TPSA) is 14.8 Å². The molecule has 0 fully saturated rings. The first kappa shape index (κ1) is 28.3. The molecule has 1 aliphatic rings. The second kappa shape index (κ2) is 11.0. The van der Waals surface area contributed by atoms with Gasteiger partial charge in [0.15, 0.2) is 0 Å². The van der Waals surface area contributed by atoms with Crippen LogP contribution in [0.5, 0.6) is 0 Å². The second-order valence-corrected chi connectivity index (χ2v) is 13.7.